The molecular formula is C28H18N4. The third-order valence-electron chi connectivity index (χ3n) is 6.23. The molecule has 3 aromatic carbocycles. The summed E-state index contributed by atoms with van der Waals surface area (Å²) >= 11 is 0. The fourth-order valence-electron chi connectivity index (χ4n) is 4.93. The smallest absolute Gasteiger partial charge is 0.0985 e. The molecule has 4 aromatic heterocycles. The number of fused-ring (bicyclic) bond motifs is 7. The molecule has 7 rings (SSSR count). The van der Waals surface area contributed by atoms with Crippen molar-refractivity contribution in [2.45, 2.75) is 0 Å². The van der Waals surface area contributed by atoms with Gasteiger partial charge in [0, 0.05) is 34.2 Å². The van der Waals surface area contributed by atoms with E-state index in [4.69, 9.17) is 4.98 Å². The summed E-state index contributed by atoms with van der Waals surface area (Å²) in [5.74, 6) is 0. The SMILES string of the molecule is c1ccc(-n2c3ccccc3c3cnc4c5ccccc5n(-c5cccnc5)c4c32)cc1. The van der Waals surface area contributed by atoms with Gasteiger partial charge in [-0.25, -0.2) is 0 Å². The van der Waals surface area contributed by atoms with Gasteiger partial charge < -0.3 is 9.13 Å². The van der Waals surface area contributed by atoms with Crippen LogP contribution in [0.25, 0.3) is 55.1 Å². The van der Waals surface area contributed by atoms with Crippen molar-refractivity contribution >= 4 is 43.7 Å². The molecule has 4 heteroatoms. The highest BCUT2D eigenvalue weighted by atomic mass is 15.1. The van der Waals surface area contributed by atoms with Gasteiger partial charge in [-0.3, -0.25) is 9.97 Å². The van der Waals surface area contributed by atoms with E-state index in [1.165, 1.54) is 10.9 Å². The minimum Gasteiger partial charge on any atom is -0.307 e. The fourth-order valence-corrected chi connectivity index (χ4v) is 4.93. The zero-order valence-electron chi connectivity index (χ0n) is 17.2. The lowest BCUT2D eigenvalue weighted by Crippen LogP contribution is -1.99. The van der Waals surface area contributed by atoms with Gasteiger partial charge in [-0.2, -0.15) is 0 Å². The molecule has 0 aliphatic rings. The summed E-state index contributed by atoms with van der Waals surface area (Å²) in [5.41, 5.74) is 7.70. The number of rotatable bonds is 2. The van der Waals surface area contributed by atoms with Crippen molar-refractivity contribution in [3.63, 3.8) is 0 Å². The molecule has 0 spiro atoms. The van der Waals surface area contributed by atoms with Crippen LogP contribution in [0.4, 0.5) is 0 Å². The van der Waals surface area contributed by atoms with E-state index in [2.05, 4.69) is 99.0 Å². The van der Waals surface area contributed by atoms with E-state index in [9.17, 15) is 0 Å². The lowest BCUT2D eigenvalue weighted by Gasteiger charge is -2.11. The van der Waals surface area contributed by atoms with Crippen molar-refractivity contribution < 1.29 is 0 Å². The average Bonchev–Trinajstić information content (AvgIpc) is 3.38. The maximum Gasteiger partial charge on any atom is 0.0985 e. The van der Waals surface area contributed by atoms with Crippen LogP contribution < -0.4 is 0 Å². The molecular weight excluding hydrogens is 392 g/mol. The highest BCUT2D eigenvalue weighted by molar-refractivity contribution is 6.22. The number of hydrogen-bond donors (Lipinski definition) is 0. The van der Waals surface area contributed by atoms with Crippen LogP contribution >= 0.6 is 0 Å². The van der Waals surface area contributed by atoms with Crippen molar-refractivity contribution in [2.75, 3.05) is 0 Å². The molecule has 150 valence electrons. The van der Waals surface area contributed by atoms with Gasteiger partial charge >= 0.3 is 0 Å². The predicted molar refractivity (Wildman–Crippen MR) is 131 cm³/mol. The van der Waals surface area contributed by atoms with Crippen LogP contribution in [0.2, 0.25) is 0 Å². The van der Waals surface area contributed by atoms with E-state index in [-0.39, 0.29) is 0 Å². The lowest BCUT2D eigenvalue weighted by molar-refractivity contribution is 1.12. The fraction of sp³-hybridized carbons (Fsp3) is 0. The first-order valence-electron chi connectivity index (χ1n) is 10.7. The van der Waals surface area contributed by atoms with Gasteiger partial charge in [-0.05, 0) is 36.4 Å². The number of benzene rings is 3. The molecule has 32 heavy (non-hydrogen) atoms. The normalized spacial score (nSPS) is 11.8. The third-order valence-corrected chi connectivity index (χ3v) is 6.23. The quantitative estimate of drug-likeness (QED) is 0.319. The summed E-state index contributed by atoms with van der Waals surface area (Å²) in [6, 6.07) is 31.7. The van der Waals surface area contributed by atoms with Crippen LogP contribution in [0.1, 0.15) is 0 Å². The summed E-state index contributed by atoms with van der Waals surface area (Å²) in [6.07, 6.45) is 5.76. The Balaban J connectivity index is 1.81. The Morgan fingerprint density at radius 1 is 0.500 bits per heavy atom. The van der Waals surface area contributed by atoms with E-state index < -0.39 is 0 Å². The number of hydrogen-bond acceptors (Lipinski definition) is 2. The van der Waals surface area contributed by atoms with E-state index in [0.29, 0.717) is 0 Å². The number of para-hydroxylation sites is 3. The van der Waals surface area contributed by atoms with Gasteiger partial charge in [-0.1, -0.05) is 54.6 Å². The molecule has 0 aliphatic carbocycles. The molecule has 0 atom stereocenters. The molecule has 0 unspecified atom stereocenters. The molecule has 0 saturated heterocycles. The van der Waals surface area contributed by atoms with Gasteiger partial charge in [0.15, 0.2) is 0 Å². The van der Waals surface area contributed by atoms with E-state index in [1.807, 2.05) is 24.7 Å². The van der Waals surface area contributed by atoms with E-state index in [0.717, 1.165) is 44.2 Å². The Labute approximate surface area is 184 Å². The Kier molecular flexibility index (Phi) is 3.52. The molecule has 7 aromatic rings. The second-order valence-electron chi connectivity index (χ2n) is 7.97. The van der Waals surface area contributed by atoms with Gasteiger partial charge in [0.2, 0.25) is 0 Å². The Morgan fingerprint density at radius 3 is 1.94 bits per heavy atom. The topological polar surface area (TPSA) is 35.6 Å². The van der Waals surface area contributed by atoms with Crippen molar-refractivity contribution in [3.8, 4) is 11.4 Å². The van der Waals surface area contributed by atoms with E-state index in [1.54, 1.807) is 0 Å². The zero-order valence-corrected chi connectivity index (χ0v) is 17.2. The number of aromatic nitrogens is 4. The summed E-state index contributed by atoms with van der Waals surface area (Å²) in [6.45, 7) is 0. The van der Waals surface area contributed by atoms with Crippen LogP contribution in [-0.2, 0) is 0 Å². The van der Waals surface area contributed by atoms with Crippen LogP contribution in [0.3, 0.4) is 0 Å². The zero-order chi connectivity index (χ0) is 21.1. The monoisotopic (exact) mass is 410 g/mol. The second kappa shape index (κ2) is 6.53. The average molecular weight is 410 g/mol. The first-order valence-corrected chi connectivity index (χ1v) is 10.7. The largest absolute Gasteiger partial charge is 0.307 e. The Bertz CT molecular complexity index is 1630. The standard InChI is InChI=1S/C28H18N4/c1-2-9-19(10-3-1)31-24-14-6-4-12-21(24)23-18-30-26-22-13-5-7-15-25(22)32(28(26)27(23)31)20-11-8-16-29-17-20/h1-18H. The molecule has 4 nitrogen and oxygen atoms in total. The van der Waals surface area contributed by atoms with Crippen LogP contribution in [0, 0.1) is 0 Å². The minimum atomic E-state index is 0.997. The Hall–Kier alpha value is -4.44. The molecule has 0 fully saturated rings. The molecule has 0 N–H and O–H groups in total. The molecule has 0 radical (unpaired) electrons. The minimum absolute atomic E-state index is 0.997. The van der Waals surface area contributed by atoms with Gasteiger partial charge in [0.1, 0.15) is 0 Å². The molecule has 0 aliphatic heterocycles. The van der Waals surface area contributed by atoms with Crippen molar-refractivity contribution in [3.05, 3.63) is 110 Å². The van der Waals surface area contributed by atoms with Crippen molar-refractivity contribution in [1.82, 2.24) is 19.1 Å². The van der Waals surface area contributed by atoms with Crippen molar-refractivity contribution in [2.24, 2.45) is 0 Å². The van der Waals surface area contributed by atoms with Crippen molar-refractivity contribution in [1.29, 1.82) is 0 Å². The summed E-state index contributed by atoms with van der Waals surface area (Å²) < 4.78 is 4.66. The highest BCUT2D eigenvalue weighted by Crippen LogP contribution is 2.40. The van der Waals surface area contributed by atoms with Gasteiger partial charge in [0.05, 0.1) is 39.5 Å². The number of nitrogens with zero attached hydrogens (tertiary/aromatic N) is 4. The summed E-state index contributed by atoms with van der Waals surface area (Å²) in [4.78, 5) is 9.40. The Morgan fingerprint density at radius 2 is 1.16 bits per heavy atom. The molecule has 0 saturated carbocycles. The number of pyridine rings is 2. The first kappa shape index (κ1) is 17.3. The van der Waals surface area contributed by atoms with Gasteiger partial charge in [-0.15, -0.1) is 0 Å². The molecule has 4 heterocycles. The van der Waals surface area contributed by atoms with Crippen LogP contribution in [-0.4, -0.2) is 19.1 Å². The van der Waals surface area contributed by atoms with Gasteiger partial charge in [0.25, 0.3) is 0 Å². The summed E-state index contributed by atoms with van der Waals surface area (Å²) in [5, 5.41) is 3.48. The summed E-state index contributed by atoms with van der Waals surface area (Å²) in [7, 11) is 0. The first-order chi connectivity index (χ1) is 15.9. The molecule has 0 bridgehead atoms. The third kappa shape index (κ3) is 2.26. The molecule has 0 amide bonds. The highest BCUT2D eigenvalue weighted by Gasteiger charge is 2.21. The maximum atomic E-state index is 4.99. The lowest BCUT2D eigenvalue weighted by atomic mass is 10.2. The second-order valence-corrected chi connectivity index (χ2v) is 7.97. The maximum absolute atomic E-state index is 4.99. The van der Waals surface area contributed by atoms with E-state index >= 15 is 0 Å². The van der Waals surface area contributed by atoms with Crippen LogP contribution in [0.15, 0.2) is 110 Å². The van der Waals surface area contributed by atoms with Crippen LogP contribution in [0.5, 0.6) is 0 Å². The predicted octanol–water partition coefficient (Wildman–Crippen LogP) is 6.67.